The Morgan fingerprint density at radius 3 is 2.29 bits per heavy atom. The third kappa shape index (κ3) is 1.15. The fraction of sp³-hybridized carbons (Fsp3) is 0.778. The lowest BCUT2D eigenvalue weighted by Gasteiger charge is -2.37. The molecule has 1 saturated heterocycles. The third-order valence-corrected chi connectivity index (χ3v) is 3.24. The Balaban J connectivity index is 3.17. The van der Waals surface area contributed by atoms with Gasteiger partial charge in [-0.3, -0.25) is 4.79 Å². The fourth-order valence-electron chi connectivity index (χ4n) is 1.65. The normalized spacial score (nSPS) is 36.8. The van der Waals surface area contributed by atoms with Crippen LogP contribution in [0.25, 0.3) is 0 Å². The number of nitrogens with two attached hydrogens (primary N) is 1. The maximum absolute atomic E-state index is 11.3. The molecule has 0 aromatic rings. The number of nitrogens with one attached hydrogen (secondary N) is 1. The van der Waals surface area contributed by atoms with Crippen LogP contribution in [0.15, 0.2) is 0 Å². The first-order chi connectivity index (χ1) is 6.24. The SMILES string of the molecule is CC(C)C1(C)OC(=O)NC1(C)C(N)=O. The monoisotopic (exact) mass is 200 g/mol. The van der Waals surface area contributed by atoms with Crippen LogP contribution < -0.4 is 11.1 Å². The molecule has 1 aliphatic heterocycles. The minimum atomic E-state index is -1.14. The Kier molecular flexibility index (Phi) is 2.21. The molecule has 1 rings (SSSR count). The van der Waals surface area contributed by atoms with E-state index in [0.717, 1.165) is 0 Å². The first-order valence-corrected chi connectivity index (χ1v) is 4.55. The summed E-state index contributed by atoms with van der Waals surface area (Å²) in [5.74, 6) is -0.585. The number of carbonyl (C=O) groups is 2. The van der Waals surface area contributed by atoms with Crippen LogP contribution >= 0.6 is 0 Å². The molecule has 0 radical (unpaired) electrons. The van der Waals surface area contributed by atoms with Gasteiger partial charge in [-0.1, -0.05) is 13.8 Å². The van der Waals surface area contributed by atoms with Crippen molar-refractivity contribution in [1.82, 2.24) is 5.32 Å². The van der Waals surface area contributed by atoms with Gasteiger partial charge in [0.25, 0.3) is 0 Å². The molecular weight excluding hydrogens is 184 g/mol. The number of rotatable bonds is 2. The second kappa shape index (κ2) is 2.87. The predicted molar refractivity (Wildman–Crippen MR) is 50.5 cm³/mol. The van der Waals surface area contributed by atoms with Crippen LogP contribution in [0.1, 0.15) is 27.7 Å². The maximum Gasteiger partial charge on any atom is 0.408 e. The molecule has 2 atom stereocenters. The largest absolute Gasteiger partial charge is 0.440 e. The summed E-state index contributed by atoms with van der Waals surface area (Å²) in [5, 5.41) is 2.47. The minimum Gasteiger partial charge on any atom is -0.440 e. The number of hydrogen-bond donors (Lipinski definition) is 2. The Morgan fingerprint density at radius 1 is 1.50 bits per heavy atom. The molecule has 80 valence electrons. The van der Waals surface area contributed by atoms with Gasteiger partial charge in [0.05, 0.1) is 0 Å². The molecule has 5 heteroatoms. The van der Waals surface area contributed by atoms with Gasteiger partial charge in [0.1, 0.15) is 5.60 Å². The van der Waals surface area contributed by atoms with E-state index in [-0.39, 0.29) is 5.92 Å². The van der Waals surface area contributed by atoms with Crippen molar-refractivity contribution in [2.24, 2.45) is 11.7 Å². The molecule has 1 heterocycles. The maximum atomic E-state index is 11.3. The van der Waals surface area contributed by atoms with Crippen molar-refractivity contribution >= 4 is 12.0 Å². The summed E-state index contributed by atoms with van der Waals surface area (Å²) in [6, 6.07) is 0. The highest BCUT2D eigenvalue weighted by atomic mass is 16.6. The fourth-order valence-corrected chi connectivity index (χ4v) is 1.65. The number of cyclic esters (lactones) is 1. The molecule has 1 aliphatic rings. The van der Waals surface area contributed by atoms with Gasteiger partial charge in [-0.15, -0.1) is 0 Å². The number of carbonyl (C=O) groups excluding carboxylic acids is 2. The Bertz CT molecular complexity index is 290. The van der Waals surface area contributed by atoms with E-state index in [0.29, 0.717) is 0 Å². The van der Waals surface area contributed by atoms with Crippen molar-refractivity contribution in [3.05, 3.63) is 0 Å². The Hall–Kier alpha value is -1.26. The zero-order valence-corrected chi connectivity index (χ0v) is 8.88. The first kappa shape index (κ1) is 10.8. The van der Waals surface area contributed by atoms with Crippen molar-refractivity contribution in [3.8, 4) is 0 Å². The molecule has 0 aliphatic carbocycles. The van der Waals surface area contributed by atoms with Crippen molar-refractivity contribution in [2.45, 2.75) is 38.8 Å². The first-order valence-electron chi connectivity index (χ1n) is 4.55. The summed E-state index contributed by atoms with van der Waals surface area (Å²) in [4.78, 5) is 22.5. The molecule has 3 N–H and O–H groups in total. The second-order valence-electron chi connectivity index (χ2n) is 4.27. The predicted octanol–water partition coefficient (Wildman–Crippen LogP) is 0.385. The molecule has 0 aromatic carbocycles. The van der Waals surface area contributed by atoms with Crippen LogP contribution in [0, 0.1) is 5.92 Å². The summed E-state index contributed by atoms with van der Waals surface area (Å²) in [5.41, 5.74) is 3.24. The van der Waals surface area contributed by atoms with Gasteiger partial charge in [0.2, 0.25) is 5.91 Å². The van der Waals surface area contributed by atoms with Gasteiger partial charge in [0.15, 0.2) is 5.54 Å². The smallest absolute Gasteiger partial charge is 0.408 e. The van der Waals surface area contributed by atoms with Crippen molar-refractivity contribution in [3.63, 3.8) is 0 Å². The van der Waals surface area contributed by atoms with E-state index < -0.39 is 23.1 Å². The molecule has 14 heavy (non-hydrogen) atoms. The summed E-state index contributed by atoms with van der Waals surface area (Å²) < 4.78 is 5.14. The van der Waals surface area contributed by atoms with Crippen LogP contribution in [-0.4, -0.2) is 23.1 Å². The zero-order chi connectivity index (χ0) is 11.1. The number of alkyl carbamates (subject to hydrolysis) is 1. The van der Waals surface area contributed by atoms with Crippen LogP contribution in [0.4, 0.5) is 4.79 Å². The quantitative estimate of drug-likeness (QED) is 0.676. The van der Waals surface area contributed by atoms with Crippen molar-refractivity contribution < 1.29 is 14.3 Å². The summed E-state index contributed by atoms with van der Waals surface area (Å²) in [7, 11) is 0. The average molecular weight is 200 g/mol. The molecule has 2 unspecified atom stereocenters. The van der Waals surface area contributed by atoms with E-state index in [9.17, 15) is 9.59 Å². The van der Waals surface area contributed by atoms with E-state index in [4.69, 9.17) is 10.5 Å². The van der Waals surface area contributed by atoms with Gasteiger partial charge >= 0.3 is 6.09 Å². The zero-order valence-electron chi connectivity index (χ0n) is 8.88. The van der Waals surface area contributed by atoms with Crippen molar-refractivity contribution in [1.29, 1.82) is 0 Å². The van der Waals surface area contributed by atoms with Crippen LogP contribution in [0.5, 0.6) is 0 Å². The number of primary amides is 1. The Labute approximate surface area is 83.0 Å². The van der Waals surface area contributed by atoms with Gasteiger partial charge in [-0.05, 0) is 19.8 Å². The van der Waals surface area contributed by atoms with E-state index >= 15 is 0 Å². The topological polar surface area (TPSA) is 81.4 Å². The number of amides is 2. The molecule has 0 saturated carbocycles. The van der Waals surface area contributed by atoms with Crippen LogP contribution in [0.2, 0.25) is 0 Å². The lowest BCUT2D eigenvalue weighted by atomic mass is 9.75. The van der Waals surface area contributed by atoms with E-state index in [2.05, 4.69) is 5.32 Å². The lowest BCUT2D eigenvalue weighted by Crippen LogP contribution is -2.63. The number of hydrogen-bond acceptors (Lipinski definition) is 3. The summed E-state index contributed by atoms with van der Waals surface area (Å²) in [6.45, 7) is 7.05. The minimum absolute atomic E-state index is 0.000972. The molecular formula is C9H16N2O3. The van der Waals surface area contributed by atoms with Crippen LogP contribution in [-0.2, 0) is 9.53 Å². The van der Waals surface area contributed by atoms with Crippen molar-refractivity contribution in [2.75, 3.05) is 0 Å². The number of ether oxygens (including phenoxy) is 1. The highest BCUT2D eigenvalue weighted by Gasteiger charge is 2.60. The molecule has 2 amide bonds. The lowest BCUT2D eigenvalue weighted by molar-refractivity contribution is -0.131. The molecule has 5 nitrogen and oxygen atoms in total. The molecule has 0 aromatic heterocycles. The summed E-state index contributed by atoms with van der Waals surface area (Å²) >= 11 is 0. The Morgan fingerprint density at radius 2 is 2.00 bits per heavy atom. The van der Waals surface area contributed by atoms with E-state index in [1.165, 1.54) is 0 Å². The highest BCUT2D eigenvalue weighted by Crippen LogP contribution is 2.37. The van der Waals surface area contributed by atoms with Crippen LogP contribution in [0.3, 0.4) is 0 Å². The van der Waals surface area contributed by atoms with Gasteiger partial charge in [-0.2, -0.15) is 0 Å². The molecule has 1 fully saturated rings. The second-order valence-corrected chi connectivity index (χ2v) is 4.27. The standard InChI is InChI=1S/C9H16N2O3/c1-5(2)9(4)8(3,6(10)12)11-7(13)14-9/h5H,1-4H3,(H2,10,12)(H,11,13). The van der Waals surface area contributed by atoms with Gasteiger partial charge < -0.3 is 15.8 Å². The molecule has 0 spiro atoms. The van der Waals surface area contributed by atoms with E-state index in [1.807, 2.05) is 13.8 Å². The average Bonchev–Trinajstić information content (AvgIpc) is 2.24. The van der Waals surface area contributed by atoms with Gasteiger partial charge in [-0.25, -0.2) is 4.79 Å². The van der Waals surface area contributed by atoms with Gasteiger partial charge in [0, 0.05) is 0 Å². The van der Waals surface area contributed by atoms with E-state index in [1.54, 1.807) is 13.8 Å². The third-order valence-electron chi connectivity index (χ3n) is 3.24. The highest BCUT2D eigenvalue weighted by molar-refractivity contribution is 5.92. The summed E-state index contributed by atoms with van der Waals surface area (Å²) in [6.07, 6.45) is -0.595. The molecule has 0 bridgehead atoms.